The van der Waals surface area contributed by atoms with Crippen molar-refractivity contribution in [2.45, 2.75) is 6.54 Å². The van der Waals surface area contributed by atoms with Crippen LogP contribution in [0.5, 0.6) is 0 Å². The first kappa shape index (κ1) is 12.8. The standard InChI is InChI=1S/C12H9N3O3S2/c16-10(13-4-7-6-19-12(17)15-7)9-5-14-11(20-9)8-2-1-3-18-8/h1-3,5-6H,4H2,(H,13,16)(H,15,17). The zero-order valence-electron chi connectivity index (χ0n) is 10.1. The zero-order valence-corrected chi connectivity index (χ0v) is 11.7. The first-order valence-corrected chi connectivity index (χ1v) is 7.36. The Bertz CT molecular complexity index is 770. The molecule has 102 valence electrons. The van der Waals surface area contributed by atoms with Gasteiger partial charge in [-0.25, -0.2) is 4.98 Å². The molecule has 3 aromatic rings. The third-order valence-corrected chi connectivity index (χ3v) is 4.20. The number of carbonyl (C=O) groups is 1. The highest BCUT2D eigenvalue weighted by molar-refractivity contribution is 7.16. The Morgan fingerprint density at radius 2 is 2.40 bits per heavy atom. The van der Waals surface area contributed by atoms with E-state index in [1.807, 2.05) is 0 Å². The normalized spacial score (nSPS) is 10.6. The first-order valence-electron chi connectivity index (χ1n) is 5.67. The minimum Gasteiger partial charge on any atom is -0.462 e. The average Bonchev–Trinajstić information content (AvgIpc) is 3.16. The van der Waals surface area contributed by atoms with E-state index in [2.05, 4.69) is 15.3 Å². The summed E-state index contributed by atoms with van der Waals surface area (Å²) >= 11 is 2.32. The zero-order chi connectivity index (χ0) is 13.9. The number of H-pyrrole nitrogens is 1. The highest BCUT2D eigenvalue weighted by Crippen LogP contribution is 2.25. The minimum atomic E-state index is -0.229. The van der Waals surface area contributed by atoms with E-state index in [-0.39, 0.29) is 17.3 Å². The van der Waals surface area contributed by atoms with E-state index >= 15 is 0 Å². The molecule has 2 N–H and O–H groups in total. The molecule has 0 aliphatic carbocycles. The predicted molar refractivity (Wildman–Crippen MR) is 75.9 cm³/mol. The summed E-state index contributed by atoms with van der Waals surface area (Å²) in [5.74, 6) is 0.406. The Balaban J connectivity index is 1.67. The van der Waals surface area contributed by atoms with Gasteiger partial charge in [-0.15, -0.1) is 11.3 Å². The first-order chi connectivity index (χ1) is 9.72. The maximum atomic E-state index is 11.9. The molecule has 0 atom stereocenters. The number of carbonyl (C=O) groups excluding carboxylic acids is 1. The summed E-state index contributed by atoms with van der Waals surface area (Å²) in [4.78, 5) is 30.1. The van der Waals surface area contributed by atoms with Crippen LogP contribution in [0.2, 0.25) is 0 Å². The molecular weight excluding hydrogens is 298 g/mol. The van der Waals surface area contributed by atoms with Crippen LogP contribution in [0.4, 0.5) is 0 Å². The fourth-order valence-electron chi connectivity index (χ4n) is 1.56. The van der Waals surface area contributed by atoms with Crippen LogP contribution in [0.3, 0.4) is 0 Å². The molecule has 8 heteroatoms. The van der Waals surface area contributed by atoms with Gasteiger partial charge in [0.15, 0.2) is 10.8 Å². The number of hydrogen-bond donors (Lipinski definition) is 2. The highest BCUT2D eigenvalue weighted by Gasteiger charge is 2.13. The fourth-order valence-corrected chi connectivity index (χ4v) is 2.94. The molecule has 3 rings (SSSR count). The Labute approximate surface area is 121 Å². The van der Waals surface area contributed by atoms with Crippen LogP contribution in [0.25, 0.3) is 10.8 Å². The smallest absolute Gasteiger partial charge is 0.304 e. The van der Waals surface area contributed by atoms with Crippen molar-refractivity contribution in [1.82, 2.24) is 15.3 Å². The van der Waals surface area contributed by atoms with Crippen molar-refractivity contribution < 1.29 is 9.21 Å². The van der Waals surface area contributed by atoms with Crippen molar-refractivity contribution in [3.63, 3.8) is 0 Å². The van der Waals surface area contributed by atoms with E-state index in [1.54, 1.807) is 23.8 Å². The number of hydrogen-bond acceptors (Lipinski definition) is 6. The maximum Gasteiger partial charge on any atom is 0.304 e. The number of amides is 1. The predicted octanol–water partition coefficient (Wildman–Crippen LogP) is 2.08. The Morgan fingerprint density at radius 3 is 3.10 bits per heavy atom. The number of nitrogens with zero attached hydrogens (tertiary/aromatic N) is 1. The van der Waals surface area contributed by atoms with E-state index in [4.69, 9.17) is 4.42 Å². The third kappa shape index (κ3) is 2.70. The van der Waals surface area contributed by atoms with Gasteiger partial charge in [0.25, 0.3) is 5.91 Å². The molecule has 0 saturated carbocycles. The topological polar surface area (TPSA) is 88.0 Å². The molecule has 0 aromatic carbocycles. The van der Waals surface area contributed by atoms with Gasteiger partial charge in [-0.1, -0.05) is 11.3 Å². The molecule has 0 bridgehead atoms. The van der Waals surface area contributed by atoms with Crippen LogP contribution in [0, 0.1) is 0 Å². The minimum absolute atomic E-state index is 0.132. The molecule has 20 heavy (non-hydrogen) atoms. The Hall–Kier alpha value is -2.19. The lowest BCUT2D eigenvalue weighted by Gasteiger charge is -1.99. The lowest BCUT2D eigenvalue weighted by Crippen LogP contribution is -2.22. The van der Waals surface area contributed by atoms with Crippen LogP contribution < -0.4 is 10.2 Å². The summed E-state index contributed by atoms with van der Waals surface area (Å²) in [6.45, 7) is 0.283. The molecule has 3 heterocycles. The quantitative estimate of drug-likeness (QED) is 0.772. The van der Waals surface area contributed by atoms with Crippen molar-refractivity contribution in [3.8, 4) is 10.8 Å². The van der Waals surface area contributed by atoms with Gasteiger partial charge in [-0.3, -0.25) is 9.59 Å². The summed E-state index contributed by atoms with van der Waals surface area (Å²) in [6.07, 6.45) is 3.07. The van der Waals surface area contributed by atoms with Gasteiger partial charge < -0.3 is 14.7 Å². The number of rotatable bonds is 4. The van der Waals surface area contributed by atoms with Crippen LogP contribution in [-0.2, 0) is 6.54 Å². The third-order valence-electron chi connectivity index (χ3n) is 2.47. The van der Waals surface area contributed by atoms with Gasteiger partial charge in [0.2, 0.25) is 0 Å². The van der Waals surface area contributed by atoms with E-state index in [0.717, 1.165) is 11.3 Å². The van der Waals surface area contributed by atoms with Gasteiger partial charge in [0.1, 0.15) is 4.88 Å². The number of aromatic nitrogens is 2. The highest BCUT2D eigenvalue weighted by atomic mass is 32.1. The molecule has 0 fully saturated rings. The van der Waals surface area contributed by atoms with Crippen LogP contribution in [0.1, 0.15) is 15.4 Å². The average molecular weight is 307 g/mol. The van der Waals surface area contributed by atoms with Gasteiger partial charge >= 0.3 is 4.87 Å². The van der Waals surface area contributed by atoms with Crippen molar-refractivity contribution in [3.05, 3.63) is 50.2 Å². The number of aromatic amines is 1. The lowest BCUT2D eigenvalue weighted by molar-refractivity contribution is 0.0954. The molecule has 6 nitrogen and oxygen atoms in total. The monoisotopic (exact) mass is 307 g/mol. The van der Waals surface area contributed by atoms with E-state index in [9.17, 15) is 9.59 Å². The summed E-state index contributed by atoms with van der Waals surface area (Å²) in [7, 11) is 0. The van der Waals surface area contributed by atoms with Gasteiger partial charge in [0, 0.05) is 11.1 Å². The number of thiazole rings is 2. The molecule has 0 aliphatic heterocycles. The van der Waals surface area contributed by atoms with Gasteiger partial charge in [0.05, 0.1) is 19.0 Å². The Kier molecular flexibility index (Phi) is 3.48. The number of furan rings is 1. The molecule has 1 amide bonds. The molecule has 0 spiro atoms. The van der Waals surface area contributed by atoms with E-state index in [1.165, 1.54) is 17.5 Å². The van der Waals surface area contributed by atoms with Gasteiger partial charge in [-0.05, 0) is 12.1 Å². The molecule has 0 aliphatic rings. The van der Waals surface area contributed by atoms with E-state index in [0.29, 0.717) is 21.3 Å². The lowest BCUT2D eigenvalue weighted by atomic mass is 10.4. The molecule has 0 unspecified atom stereocenters. The SMILES string of the molecule is O=C(NCc1csc(=O)[nH]1)c1cnc(-c2ccco2)s1. The van der Waals surface area contributed by atoms with Crippen LogP contribution in [0.15, 0.2) is 39.2 Å². The summed E-state index contributed by atoms with van der Waals surface area (Å²) < 4.78 is 5.22. The summed E-state index contributed by atoms with van der Waals surface area (Å²) in [5, 5.41) is 5.07. The molecular formula is C12H9N3O3S2. The van der Waals surface area contributed by atoms with Crippen molar-refractivity contribution in [1.29, 1.82) is 0 Å². The van der Waals surface area contributed by atoms with Crippen molar-refractivity contribution >= 4 is 28.6 Å². The van der Waals surface area contributed by atoms with Crippen molar-refractivity contribution in [2.75, 3.05) is 0 Å². The number of nitrogens with one attached hydrogen (secondary N) is 2. The molecule has 0 radical (unpaired) electrons. The Morgan fingerprint density at radius 1 is 1.50 bits per heavy atom. The van der Waals surface area contributed by atoms with Crippen molar-refractivity contribution in [2.24, 2.45) is 0 Å². The summed E-state index contributed by atoms with van der Waals surface area (Å²) in [6, 6.07) is 3.56. The van der Waals surface area contributed by atoms with Crippen LogP contribution in [-0.4, -0.2) is 15.9 Å². The second kappa shape index (κ2) is 5.43. The fraction of sp³-hybridized carbons (Fsp3) is 0.0833. The second-order valence-corrected chi connectivity index (χ2v) is 5.74. The van der Waals surface area contributed by atoms with Gasteiger partial charge in [-0.2, -0.15) is 0 Å². The summed E-state index contributed by atoms with van der Waals surface area (Å²) in [5.41, 5.74) is 0.684. The largest absolute Gasteiger partial charge is 0.462 e. The molecule has 3 aromatic heterocycles. The van der Waals surface area contributed by atoms with E-state index < -0.39 is 0 Å². The maximum absolute atomic E-state index is 11.9. The molecule has 0 saturated heterocycles. The van der Waals surface area contributed by atoms with Crippen LogP contribution >= 0.6 is 22.7 Å². The second-order valence-electron chi connectivity index (χ2n) is 3.86.